The molecule has 1 atom stereocenters. The first kappa shape index (κ1) is 24.6. The van der Waals surface area contributed by atoms with Crippen molar-refractivity contribution in [2.75, 3.05) is 6.61 Å². The molecule has 5 rings (SSSR count). The summed E-state index contributed by atoms with van der Waals surface area (Å²) in [4.78, 5) is 12.6. The van der Waals surface area contributed by atoms with E-state index in [9.17, 15) is 18.0 Å². The van der Waals surface area contributed by atoms with E-state index in [-0.39, 0.29) is 23.6 Å². The molecule has 0 amide bonds. The predicted molar refractivity (Wildman–Crippen MR) is 131 cm³/mol. The minimum absolute atomic E-state index is 0.0310. The standard InChI is InChI=1S/C30H29F3O3/c1-2-3-18-4-6-20(7-5-18)24-14-15-25(29(33)28(24)32)30(34)36-22-11-8-19(9-12-22)23-13-10-21(16-26(23)31)27-17-35-27/h8-16,18,20,27H,2-7,17H2,1H3. The van der Waals surface area contributed by atoms with Crippen molar-refractivity contribution in [1.29, 1.82) is 0 Å². The summed E-state index contributed by atoms with van der Waals surface area (Å²) in [6.07, 6.45) is 5.97. The molecular weight excluding hydrogens is 465 g/mol. The van der Waals surface area contributed by atoms with Gasteiger partial charge in [-0.25, -0.2) is 18.0 Å². The van der Waals surface area contributed by atoms with Gasteiger partial charge in [-0.2, -0.15) is 0 Å². The van der Waals surface area contributed by atoms with Crippen molar-refractivity contribution in [2.45, 2.75) is 57.5 Å². The van der Waals surface area contributed by atoms with Crippen LogP contribution < -0.4 is 4.74 Å². The van der Waals surface area contributed by atoms with Crippen LogP contribution >= 0.6 is 0 Å². The van der Waals surface area contributed by atoms with Crippen LogP contribution in [0.2, 0.25) is 0 Å². The third-order valence-corrected chi connectivity index (χ3v) is 7.39. The normalized spacial score (nSPS) is 21.3. The van der Waals surface area contributed by atoms with Gasteiger partial charge in [-0.3, -0.25) is 0 Å². The van der Waals surface area contributed by atoms with E-state index in [1.807, 2.05) is 6.07 Å². The van der Waals surface area contributed by atoms with Crippen LogP contribution in [-0.2, 0) is 4.74 Å². The molecule has 3 aromatic carbocycles. The number of halogens is 3. The zero-order valence-electron chi connectivity index (χ0n) is 20.2. The van der Waals surface area contributed by atoms with Gasteiger partial charge < -0.3 is 9.47 Å². The Morgan fingerprint density at radius 3 is 2.31 bits per heavy atom. The molecule has 36 heavy (non-hydrogen) atoms. The van der Waals surface area contributed by atoms with Crippen LogP contribution in [0.25, 0.3) is 11.1 Å². The molecule has 2 aliphatic rings. The maximum Gasteiger partial charge on any atom is 0.346 e. The molecule has 6 heteroatoms. The van der Waals surface area contributed by atoms with E-state index in [0.29, 0.717) is 29.2 Å². The highest BCUT2D eigenvalue weighted by molar-refractivity contribution is 5.91. The van der Waals surface area contributed by atoms with Crippen molar-refractivity contribution in [3.05, 3.63) is 88.7 Å². The number of carbonyl (C=O) groups is 1. The van der Waals surface area contributed by atoms with E-state index in [1.54, 1.807) is 18.2 Å². The zero-order valence-corrected chi connectivity index (χ0v) is 20.2. The van der Waals surface area contributed by atoms with Gasteiger partial charge in [-0.05, 0) is 78.5 Å². The predicted octanol–water partition coefficient (Wildman–Crippen LogP) is 8.14. The molecule has 1 unspecified atom stereocenters. The average molecular weight is 495 g/mol. The first-order valence-electron chi connectivity index (χ1n) is 12.7. The Balaban J connectivity index is 1.26. The van der Waals surface area contributed by atoms with Gasteiger partial charge in [0.15, 0.2) is 11.6 Å². The Kier molecular flexibility index (Phi) is 7.15. The smallest absolute Gasteiger partial charge is 0.346 e. The number of epoxide rings is 1. The molecule has 2 fully saturated rings. The van der Waals surface area contributed by atoms with Crippen LogP contribution in [0.1, 0.15) is 79.0 Å². The molecule has 0 spiro atoms. The van der Waals surface area contributed by atoms with E-state index in [4.69, 9.17) is 9.47 Å². The maximum atomic E-state index is 14.9. The summed E-state index contributed by atoms with van der Waals surface area (Å²) < 4.78 is 54.8. The number of esters is 1. The lowest BCUT2D eigenvalue weighted by Crippen LogP contribution is -2.17. The topological polar surface area (TPSA) is 38.8 Å². The number of ether oxygens (including phenoxy) is 2. The van der Waals surface area contributed by atoms with Gasteiger partial charge in [0, 0.05) is 5.56 Å². The van der Waals surface area contributed by atoms with Gasteiger partial charge in [0.05, 0.1) is 12.2 Å². The van der Waals surface area contributed by atoms with Gasteiger partial charge in [0.1, 0.15) is 17.7 Å². The summed E-state index contributed by atoms with van der Waals surface area (Å²) in [5.41, 5.74) is 1.70. The third kappa shape index (κ3) is 5.19. The summed E-state index contributed by atoms with van der Waals surface area (Å²) >= 11 is 0. The van der Waals surface area contributed by atoms with E-state index in [2.05, 4.69) is 6.92 Å². The third-order valence-electron chi connectivity index (χ3n) is 7.39. The van der Waals surface area contributed by atoms with Gasteiger partial charge in [0.2, 0.25) is 0 Å². The SMILES string of the molecule is CCCC1CCC(c2ccc(C(=O)Oc3ccc(-c4ccc(C5CO5)cc4F)cc3)c(F)c2F)CC1. The van der Waals surface area contributed by atoms with Gasteiger partial charge in [-0.1, -0.05) is 50.1 Å². The fourth-order valence-corrected chi connectivity index (χ4v) is 5.28. The van der Waals surface area contributed by atoms with Crippen LogP contribution in [0.3, 0.4) is 0 Å². The number of hydrogen-bond acceptors (Lipinski definition) is 3. The quantitative estimate of drug-likeness (QED) is 0.189. The van der Waals surface area contributed by atoms with Crippen LogP contribution in [0.5, 0.6) is 5.75 Å². The van der Waals surface area contributed by atoms with Gasteiger partial charge in [-0.15, -0.1) is 0 Å². The molecule has 188 valence electrons. The van der Waals surface area contributed by atoms with E-state index in [1.165, 1.54) is 36.8 Å². The molecule has 1 heterocycles. The number of benzene rings is 3. The van der Waals surface area contributed by atoms with E-state index in [0.717, 1.165) is 37.7 Å². The molecule has 3 aromatic rings. The molecule has 0 N–H and O–H groups in total. The van der Waals surface area contributed by atoms with Crippen molar-refractivity contribution in [3.63, 3.8) is 0 Å². The number of rotatable bonds is 7. The van der Waals surface area contributed by atoms with Gasteiger partial charge in [0.25, 0.3) is 0 Å². The van der Waals surface area contributed by atoms with Crippen molar-refractivity contribution in [2.24, 2.45) is 5.92 Å². The Morgan fingerprint density at radius 1 is 0.944 bits per heavy atom. The first-order chi connectivity index (χ1) is 17.4. The Morgan fingerprint density at radius 2 is 1.67 bits per heavy atom. The second kappa shape index (κ2) is 10.5. The molecule has 0 aromatic heterocycles. The van der Waals surface area contributed by atoms with Crippen LogP contribution in [0.4, 0.5) is 13.2 Å². The molecule has 1 aliphatic carbocycles. The molecule has 1 saturated heterocycles. The summed E-state index contributed by atoms with van der Waals surface area (Å²) in [6.45, 7) is 2.77. The molecule has 1 saturated carbocycles. The highest BCUT2D eigenvalue weighted by atomic mass is 19.2. The lowest BCUT2D eigenvalue weighted by atomic mass is 9.77. The monoisotopic (exact) mass is 494 g/mol. The highest BCUT2D eigenvalue weighted by Crippen LogP contribution is 2.39. The van der Waals surface area contributed by atoms with E-state index >= 15 is 0 Å². The Hall–Kier alpha value is -3.12. The molecule has 0 radical (unpaired) electrons. The lowest BCUT2D eigenvalue weighted by molar-refractivity contribution is 0.0728. The zero-order chi connectivity index (χ0) is 25.2. The van der Waals surface area contributed by atoms with Crippen molar-refractivity contribution in [3.8, 4) is 16.9 Å². The summed E-state index contributed by atoms with van der Waals surface area (Å²) in [6, 6.07) is 14.0. The molecular formula is C30H29F3O3. The summed E-state index contributed by atoms with van der Waals surface area (Å²) in [5.74, 6) is -2.70. The number of hydrogen-bond donors (Lipinski definition) is 0. The van der Waals surface area contributed by atoms with Crippen molar-refractivity contribution in [1.82, 2.24) is 0 Å². The molecule has 1 aliphatic heterocycles. The molecule has 0 bridgehead atoms. The second-order valence-electron chi connectivity index (χ2n) is 9.81. The summed E-state index contributed by atoms with van der Waals surface area (Å²) in [7, 11) is 0. The largest absolute Gasteiger partial charge is 0.423 e. The van der Waals surface area contributed by atoms with Crippen LogP contribution in [0, 0.1) is 23.4 Å². The lowest BCUT2D eigenvalue weighted by Gasteiger charge is -2.29. The minimum atomic E-state index is -1.17. The Bertz CT molecular complexity index is 1240. The fraction of sp³-hybridized carbons (Fsp3) is 0.367. The van der Waals surface area contributed by atoms with E-state index < -0.39 is 23.2 Å². The number of carbonyl (C=O) groups excluding carboxylic acids is 1. The summed E-state index contributed by atoms with van der Waals surface area (Å²) in [5, 5.41) is 0. The van der Waals surface area contributed by atoms with Crippen molar-refractivity contribution < 1.29 is 27.4 Å². The maximum absolute atomic E-state index is 14.9. The van der Waals surface area contributed by atoms with Crippen molar-refractivity contribution >= 4 is 5.97 Å². The Labute approximate surface area is 209 Å². The second-order valence-corrected chi connectivity index (χ2v) is 9.81. The highest BCUT2D eigenvalue weighted by Gasteiger charge is 2.28. The first-order valence-corrected chi connectivity index (χ1v) is 12.7. The average Bonchev–Trinajstić information content (AvgIpc) is 3.73. The molecule has 3 nitrogen and oxygen atoms in total. The fourth-order valence-electron chi connectivity index (χ4n) is 5.28. The minimum Gasteiger partial charge on any atom is -0.423 e. The van der Waals surface area contributed by atoms with Crippen LogP contribution in [-0.4, -0.2) is 12.6 Å². The van der Waals surface area contributed by atoms with Crippen LogP contribution in [0.15, 0.2) is 54.6 Å². The van der Waals surface area contributed by atoms with Gasteiger partial charge >= 0.3 is 5.97 Å².